The van der Waals surface area contributed by atoms with Crippen LogP contribution in [0.4, 0.5) is 20.0 Å². The number of para-hydroxylation sites is 1. The van der Waals surface area contributed by atoms with Crippen LogP contribution in [0.3, 0.4) is 0 Å². The molecular formula is C22H16ClFN4OS2. The SMILES string of the molecule is O=C(Nc1nnc(-c2ccccc2SCc2ccc(Cl)cc2)s1)Nc1ccccc1F. The van der Waals surface area contributed by atoms with E-state index in [4.69, 9.17) is 11.6 Å². The summed E-state index contributed by atoms with van der Waals surface area (Å²) >= 11 is 8.88. The average molecular weight is 471 g/mol. The average Bonchev–Trinajstić information content (AvgIpc) is 3.23. The van der Waals surface area contributed by atoms with Gasteiger partial charge in [-0.15, -0.1) is 22.0 Å². The maximum atomic E-state index is 13.7. The fourth-order valence-electron chi connectivity index (χ4n) is 2.71. The number of nitrogens with one attached hydrogen (secondary N) is 2. The summed E-state index contributed by atoms with van der Waals surface area (Å²) in [7, 11) is 0. The van der Waals surface area contributed by atoms with E-state index in [-0.39, 0.29) is 5.69 Å². The number of nitrogens with zero attached hydrogens (tertiary/aromatic N) is 2. The van der Waals surface area contributed by atoms with E-state index < -0.39 is 11.8 Å². The predicted molar refractivity (Wildman–Crippen MR) is 125 cm³/mol. The van der Waals surface area contributed by atoms with E-state index in [1.54, 1.807) is 23.9 Å². The van der Waals surface area contributed by atoms with E-state index >= 15 is 0 Å². The van der Waals surface area contributed by atoms with Crippen LogP contribution in [-0.2, 0) is 5.75 Å². The van der Waals surface area contributed by atoms with Crippen molar-refractivity contribution in [2.75, 3.05) is 10.6 Å². The molecule has 156 valence electrons. The monoisotopic (exact) mass is 470 g/mol. The molecule has 9 heteroatoms. The molecule has 3 aromatic carbocycles. The van der Waals surface area contributed by atoms with E-state index in [0.717, 1.165) is 21.8 Å². The second-order valence-electron chi connectivity index (χ2n) is 6.38. The van der Waals surface area contributed by atoms with Crippen molar-refractivity contribution in [1.82, 2.24) is 10.2 Å². The van der Waals surface area contributed by atoms with Gasteiger partial charge in [-0.05, 0) is 35.9 Å². The molecule has 4 rings (SSSR count). The predicted octanol–water partition coefficient (Wildman–Crippen LogP) is 6.93. The van der Waals surface area contributed by atoms with Gasteiger partial charge in [0.25, 0.3) is 0 Å². The van der Waals surface area contributed by atoms with E-state index in [0.29, 0.717) is 15.2 Å². The lowest BCUT2D eigenvalue weighted by Crippen LogP contribution is -2.19. The highest BCUT2D eigenvalue weighted by atomic mass is 35.5. The van der Waals surface area contributed by atoms with Gasteiger partial charge in [-0.1, -0.05) is 65.4 Å². The summed E-state index contributed by atoms with van der Waals surface area (Å²) in [6, 6.07) is 21.0. The van der Waals surface area contributed by atoms with Crippen molar-refractivity contribution in [3.05, 3.63) is 89.2 Å². The molecule has 0 unspecified atom stereocenters. The minimum absolute atomic E-state index is 0.0914. The normalized spacial score (nSPS) is 10.6. The Hall–Kier alpha value is -2.94. The van der Waals surface area contributed by atoms with Crippen LogP contribution in [0.25, 0.3) is 10.6 Å². The van der Waals surface area contributed by atoms with Crippen LogP contribution in [0.1, 0.15) is 5.56 Å². The number of amides is 2. The van der Waals surface area contributed by atoms with Gasteiger partial charge in [0, 0.05) is 21.2 Å². The summed E-state index contributed by atoms with van der Waals surface area (Å²) < 4.78 is 13.7. The molecule has 1 aromatic heterocycles. The number of urea groups is 1. The third-order valence-electron chi connectivity index (χ3n) is 4.19. The van der Waals surface area contributed by atoms with E-state index in [2.05, 4.69) is 20.8 Å². The lowest BCUT2D eigenvalue weighted by atomic mass is 10.2. The van der Waals surface area contributed by atoms with Crippen molar-refractivity contribution in [2.45, 2.75) is 10.6 Å². The second kappa shape index (κ2) is 9.91. The first kappa shape index (κ1) is 21.3. The molecule has 0 atom stereocenters. The van der Waals surface area contributed by atoms with Crippen LogP contribution in [0.5, 0.6) is 0 Å². The summed E-state index contributed by atoms with van der Waals surface area (Å²) in [5.41, 5.74) is 2.18. The first-order chi connectivity index (χ1) is 15.1. The second-order valence-corrected chi connectivity index (χ2v) is 8.81. The molecule has 0 bridgehead atoms. The quantitative estimate of drug-likeness (QED) is 0.300. The molecule has 0 spiro atoms. The van der Waals surface area contributed by atoms with Gasteiger partial charge >= 0.3 is 6.03 Å². The smallest absolute Gasteiger partial charge is 0.305 e. The number of thioether (sulfide) groups is 1. The lowest BCUT2D eigenvalue weighted by molar-refractivity contribution is 0.262. The third-order valence-corrected chi connectivity index (χ3v) is 6.46. The number of halogens is 2. The summed E-state index contributed by atoms with van der Waals surface area (Å²) in [6.07, 6.45) is 0. The number of carbonyl (C=O) groups is 1. The lowest BCUT2D eigenvalue weighted by Gasteiger charge is -2.07. The van der Waals surface area contributed by atoms with E-state index in [9.17, 15) is 9.18 Å². The molecule has 0 radical (unpaired) electrons. The van der Waals surface area contributed by atoms with Crippen molar-refractivity contribution in [1.29, 1.82) is 0 Å². The Morgan fingerprint density at radius 1 is 0.968 bits per heavy atom. The number of aromatic nitrogens is 2. The first-order valence-electron chi connectivity index (χ1n) is 9.21. The fraction of sp³-hybridized carbons (Fsp3) is 0.0455. The highest BCUT2D eigenvalue weighted by Crippen LogP contribution is 2.35. The van der Waals surface area contributed by atoms with Crippen molar-refractivity contribution in [2.24, 2.45) is 0 Å². The Bertz CT molecular complexity index is 1200. The molecule has 5 nitrogen and oxygen atoms in total. The minimum Gasteiger partial charge on any atom is -0.305 e. The zero-order chi connectivity index (χ0) is 21.6. The van der Waals surface area contributed by atoms with Crippen LogP contribution >= 0.6 is 34.7 Å². The van der Waals surface area contributed by atoms with Crippen LogP contribution < -0.4 is 10.6 Å². The van der Waals surface area contributed by atoms with Gasteiger partial charge in [0.1, 0.15) is 5.82 Å². The maximum absolute atomic E-state index is 13.7. The Balaban J connectivity index is 1.44. The Kier molecular flexibility index (Phi) is 6.81. The van der Waals surface area contributed by atoms with Crippen LogP contribution in [0, 0.1) is 5.82 Å². The highest BCUT2D eigenvalue weighted by molar-refractivity contribution is 7.98. The van der Waals surface area contributed by atoms with E-state index in [1.165, 1.54) is 23.5 Å². The van der Waals surface area contributed by atoms with Crippen molar-refractivity contribution >= 4 is 51.5 Å². The number of hydrogen-bond acceptors (Lipinski definition) is 5. The van der Waals surface area contributed by atoms with Crippen LogP contribution in [0.2, 0.25) is 5.02 Å². The van der Waals surface area contributed by atoms with Crippen molar-refractivity contribution in [3.8, 4) is 10.6 Å². The molecule has 0 fully saturated rings. The van der Waals surface area contributed by atoms with Gasteiger partial charge in [-0.3, -0.25) is 5.32 Å². The Morgan fingerprint density at radius 2 is 1.71 bits per heavy atom. The van der Waals surface area contributed by atoms with Gasteiger partial charge in [0.15, 0.2) is 5.01 Å². The molecular weight excluding hydrogens is 455 g/mol. The first-order valence-corrected chi connectivity index (χ1v) is 11.4. The van der Waals surface area contributed by atoms with Gasteiger partial charge < -0.3 is 5.32 Å². The van der Waals surface area contributed by atoms with Gasteiger partial charge in [0.05, 0.1) is 5.69 Å². The summed E-state index contributed by atoms with van der Waals surface area (Å²) in [5, 5.41) is 15.0. The van der Waals surface area contributed by atoms with Gasteiger partial charge in [-0.25, -0.2) is 9.18 Å². The topological polar surface area (TPSA) is 66.9 Å². The molecule has 2 amide bonds. The summed E-state index contributed by atoms with van der Waals surface area (Å²) in [5.74, 6) is 0.269. The minimum atomic E-state index is -0.585. The summed E-state index contributed by atoms with van der Waals surface area (Å²) in [6.45, 7) is 0. The molecule has 0 aliphatic heterocycles. The largest absolute Gasteiger partial charge is 0.325 e. The van der Waals surface area contributed by atoms with Gasteiger partial charge in [0.2, 0.25) is 5.13 Å². The van der Waals surface area contributed by atoms with E-state index in [1.807, 2.05) is 48.5 Å². The maximum Gasteiger partial charge on any atom is 0.325 e. The fourth-order valence-corrected chi connectivity index (χ4v) is 4.69. The molecule has 2 N–H and O–H groups in total. The molecule has 1 heterocycles. The Morgan fingerprint density at radius 3 is 2.52 bits per heavy atom. The number of anilines is 2. The van der Waals surface area contributed by atoms with Crippen molar-refractivity contribution in [3.63, 3.8) is 0 Å². The Labute approximate surface area is 191 Å². The third kappa shape index (κ3) is 5.61. The molecule has 0 saturated carbocycles. The molecule has 0 aliphatic carbocycles. The van der Waals surface area contributed by atoms with Gasteiger partial charge in [-0.2, -0.15) is 0 Å². The number of rotatable bonds is 6. The number of carbonyl (C=O) groups excluding carboxylic acids is 1. The molecule has 0 aliphatic rings. The number of benzene rings is 3. The number of hydrogen-bond donors (Lipinski definition) is 2. The highest BCUT2D eigenvalue weighted by Gasteiger charge is 2.14. The molecule has 4 aromatic rings. The van der Waals surface area contributed by atoms with Crippen LogP contribution in [-0.4, -0.2) is 16.2 Å². The zero-order valence-electron chi connectivity index (χ0n) is 16.0. The van der Waals surface area contributed by atoms with Crippen LogP contribution in [0.15, 0.2) is 77.7 Å². The zero-order valence-corrected chi connectivity index (χ0v) is 18.4. The molecule has 31 heavy (non-hydrogen) atoms. The summed E-state index contributed by atoms with van der Waals surface area (Å²) in [4.78, 5) is 13.2. The molecule has 0 saturated heterocycles. The van der Waals surface area contributed by atoms with Crippen molar-refractivity contribution < 1.29 is 9.18 Å². The standard InChI is InChI=1S/C22H16ClFN4OS2/c23-15-11-9-14(10-12-15)13-30-19-8-4-1-5-16(19)20-27-28-22(31-20)26-21(29)25-18-7-3-2-6-17(18)24/h1-12H,13H2,(H2,25,26,28,29).